The predicted molar refractivity (Wildman–Crippen MR) is 78.1 cm³/mol. The third-order valence-electron chi connectivity index (χ3n) is 3.02. The molecule has 0 fully saturated rings. The lowest BCUT2D eigenvalue weighted by atomic mass is 10.1. The number of nitrogen functional groups attached to an aromatic ring is 1. The zero-order chi connectivity index (χ0) is 14.3. The van der Waals surface area contributed by atoms with Crippen LogP contribution in [0.5, 0.6) is 0 Å². The monoisotopic (exact) mass is 266 g/mol. The van der Waals surface area contributed by atoms with Crippen LogP contribution in [0.1, 0.15) is 39.5 Å². The molecule has 6 nitrogen and oxygen atoms in total. The number of hydrogen-bond acceptors (Lipinski definition) is 5. The second-order valence-electron chi connectivity index (χ2n) is 4.64. The first-order valence-corrected chi connectivity index (χ1v) is 6.60. The second kappa shape index (κ2) is 7.58. The zero-order valence-corrected chi connectivity index (χ0v) is 11.5. The largest absolute Gasteiger partial charge is 0.377 e. The number of nitrogens with one attached hydrogen (secondary N) is 2. The first-order chi connectivity index (χ1) is 9.10. The molecule has 0 aromatic heterocycles. The molecule has 1 rings (SSSR count). The quantitative estimate of drug-likeness (QED) is 0.290. The fourth-order valence-corrected chi connectivity index (χ4v) is 2.01. The molecule has 0 heterocycles. The van der Waals surface area contributed by atoms with Gasteiger partial charge in [-0.05, 0) is 25.5 Å². The van der Waals surface area contributed by atoms with E-state index in [9.17, 15) is 10.1 Å². The Hall–Kier alpha value is -1.82. The molecule has 106 valence electrons. The van der Waals surface area contributed by atoms with Crippen LogP contribution in [0.3, 0.4) is 0 Å². The van der Waals surface area contributed by atoms with E-state index >= 15 is 0 Å². The summed E-state index contributed by atoms with van der Waals surface area (Å²) >= 11 is 0. The summed E-state index contributed by atoms with van der Waals surface area (Å²) in [5, 5.41) is 14.3. The van der Waals surface area contributed by atoms with Gasteiger partial charge < -0.3 is 10.7 Å². The second-order valence-corrected chi connectivity index (χ2v) is 4.64. The third kappa shape index (κ3) is 4.40. The molecule has 0 radical (unpaired) electrons. The Labute approximate surface area is 113 Å². The molecule has 0 saturated heterocycles. The Balaban J connectivity index is 2.79. The number of nitrogens with two attached hydrogens (primary N) is 1. The van der Waals surface area contributed by atoms with Gasteiger partial charge in [-0.15, -0.1) is 0 Å². The van der Waals surface area contributed by atoms with Crippen LogP contribution in [0.15, 0.2) is 18.2 Å². The van der Waals surface area contributed by atoms with Crippen LogP contribution >= 0.6 is 0 Å². The van der Waals surface area contributed by atoms with Gasteiger partial charge in [-0.1, -0.05) is 32.3 Å². The minimum Gasteiger partial charge on any atom is -0.377 e. The Morgan fingerprint density at radius 1 is 1.37 bits per heavy atom. The number of hydrazine groups is 1. The van der Waals surface area contributed by atoms with Crippen LogP contribution in [-0.4, -0.2) is 11.0 Å². The van der Waals surface area contributed by atoms with Crippen LogP contribution in [0.4, 0.5) is 17.1 Å². The van der Waals surface area contributed by atoms with Crippen LogP contribution < -0.4 is 16.6 Å². The number of para-hydroxylation sites is 1. The number of nitro benzene ring substituents is 1. The molecule has 0 aliphatic carbocycles. The number of nitrogens with zero attached hydrogens (tertiary/aromatic N) is 1. The Morgan fingerprint density at radius 2 is 2.05 bits per heavy atom. The molecule has 6 heteroatoms. The SMILES string of the molecule is CCCCCC(C)Nc1cccc(NN)c1[N+](=O)[O-]. The minimum absolute atomic E-state index is 0.00709. The van der Waals surface area contributed by atoms with E-state index in [1.165, 1.54) is 12.8 Å². The van der Waals surface area contributed by atoms with E-state index in [0.29, 0.717) is 11.4 Å². The maximum Gasteiger partial charge on any atom is 0.316 e. The van der Waals surface area contributed by atoms with Gasteiger partial charge in [0, 0.05) is 6.04 Å². The summed E-state index contributed by atoms with van der Waals surface area (Å²) in [6.45, 7) is 4.18. The highest BCUT2D eigenvalue weighted by atomic mass is 16.6. The van der Waals surface area contributed by atoms with Crippen molar-refractivity contribution >= 4 is 17.1 Å². The summed E-state index contributed by atoms with van der Waals surface area (Å²) in [4.78, 5) is 10.7. The molecule has 1 aromatic rings. The summed E-state index contributed by atoms with van der Waals surface area (Å²) in [6.07, 6.45) is 4.45. The van der Waals surface area contributed by atoms with E-state index in [0.717, 1.165) is 12.8 Å². The van der Waals surface area contributed by atoms with Crippen LogP contribution in [0.2, 0.25) is 0 Å². The number of anilines is 2. The van der Waals surface area contributed by atoms with E-state index in [-0.39, 0.29) is 11.7 Å². The lowest BCUT2D eigenvalue weighted by Crippen LogP contribution is -2.17. The molecular formula is C13H22N4O2. The highest BCUT2D eigenvalue weighted by molar-refractivity contribution is 5.75. The van der Waals surface area contributed by atoms with Crippen molar-refractivity contribution in [1.29, 1.82) is 0 Å². The smallest absolute Gasteiger partial charge is 0.316 e. The van der Waals surface area contributed by atoms with Gasteiger partial charge in [-0.2, -0.15) is 0 Å². The maximum absolute atomic E-state index is 11.1. The van der Waals surface area contributed by atoms with Gasteiger partial charge >= 0.3 is 5.69 Å². The lowest BCUT2D eigenvalue weighted by Gasteiger charge is -2.16. The van der Waals surface area contributed by atoms with Crippen LogP contribution in [0.25, 0.3) is 0 Å². The fourth-order valence-electron chi connectivity index (χ4n) is 2.01. The molecule has 0 amide bonds. The summed E-state index contributed by atoms with van der Waals surface area (Å²) < 4.78 is 0. The molecule has 1 aromatic carbocycles. The average molecular weight is 266 g/mol. The summed E-state index contributed by atoms with van der Waals surface area (Å²) in [5.74, 6) is 5.30. The average Bonchev–Trinajstić information content (AvgIpc) is 2.38. The third-order valence-corrected chi connectivity index (χ3v) is 3.02. The standard InChI is InChI=1S/C13H22N4O2/c1-3-4-5-7-10(2)15-11-8-6-9-12(16-14)13(11)17(18)19/h6,8-10,15-16H,3-5,7,14H2,1-2H3. The molecular weight excluding hydrogens is 244 g/mol. The molecule has 0 saturated carbocycles. The predicted octanol–water partition coefficient (Wildman–Crippen LogP) is 3.26. The van der Waals surface area contributed by atoms with Crippen molar-refractivity contribution in [3.63, 3.8) is 0 Å². The van der Waals surface area contributed by atoms with Gasteiger partial charge in [-0.3, -0.25) is 16.0 Å². The van der Waals surface area contributed by atoms with Crippen LogP contribution in [0, 0.1) is 10.1 Å². The molecule has 0 aliphatic rings. The van der Waals surface area contributed by atoms with Gasteiger partial charge in [0.2, 0.25) is 0 Å². The molecule has 4 N–H and O–H groups in total. The van der Waals surface area contributed by atoms with Crippen molar-refractivity contribution in [1.82, 2.24) is 0 Å². The van der Waals surface area contributed by atoms with Gasteiger partial charge in [0.25, 0.3) is 0 Å². The van der Waals surface area contributed by atoms with Gasteiger partial charge in [0.05, 0.1) is 4.92 Å². The normalized spacial score (nSPS) is 11.9. The number of nitro groups is 1. The first kappa shape index (κ1) is 15.2. The first-order valence-electron chi connectivity index (χ1n) is 6.60. The topological polar surface area (TPSA) is 93.2 Å². The van der Waals surface area contributed by atoms with Gasteiger partial charge in [-0.25, -0.2) is 0 Å². The molecule has 0 bridgehead atoms. The van der Waals surface area contributed by atoms with Crippen molar-refractivity contribution in [2.75, 3.05) is 10.7 Å². The Kier molecular flexibility index (Phi) is 6.08. The Bertz CT molecular complexity index is 423. The molecule has 19 heavy (non-hydrogen) atoms. The van der Waals surface area contributed by atoms with E-state index in [2.05, 4.69) is 17.7 Å². The number of unbranched alkanes of at least 4 members (excludes halogenated alkanes) is 2. The molecule has 0 aliphatic heterocycles. The summed E-state index contributed by atoms with van der Waals surface area (Å²) in [7, 11) is 0. The van der Waals surface area contributed by atoms with Crippen LogP contribution in [-0.2, 0) is 0 Å². The van der Waals surface area contributed by atoms with Gasteiger partial charge in [0.1, 0.15) is 11.4 Å². The highest BCUT2D eigenvalue weighted by Gasteiger charge is 2.19. The van der Waals surface area contributed by atoms with Crippen molar-refractivity contribution in [2.24, 2.45) is 5.84 Å². The fraction of sp³-hybridized carbons (Fsp3) is 0.538. The van der Waals surface area contributed by atoms with Gasteiger partial charge in [0.15, 0.2) is 0 Å². The van der Waals surface area contributed by atoms with Crippen molar-refractivity contribution in [3.8, 4) is 0 Å². The van der Waals surface area contributed by atoms with E-state index < -0.39 is 4.92 Å². The molecule has 1 unspecified atom stereocenters. The molecule has 0 spiro atoms. The van der Waals surface area contributed by atoms with Crippen molar-refractivity contribution in [3.05, 3.63) is 28.3 Å². The van der Waals surface area contributed by atoms with E-state index in [4.69, 9.17) is 5.84 Å². The minimum atomic E-state index is -0.420. The molecule has 1 atom stereocenters. The lowest BCUT2D eigenvalue weighted by molar-refractivity contribution is -0.383. The van der Waals surface area contributed by atoms with E-state index in [1.807, 2.05) is 6.92 Å². The number of rotatable bonds is 8. The van der Waals surface area contributed by atoms with Crippen molar-refractivity contribution in [2.45, 2.75) is 45.6 Å². The Morgan fingerprint density at radius 3 is 2.63 bits per heavy atom. The zero-order valence-electron chi connectivity index (χ0n) is 11.5. The number of benzene rings is 1. The summed E-state index contributed by atoms with van der Waals surface area (Å²) in [5.41, 5.74) is 3.17. The van der Waals surface area contributed by atoms with Crippen molar-refractivity contribution < 1.29 is 4.92 Å². The highest BCUT2D eigenvalue weighted by Crippen LogP contribution is 2.32. The number of hydrogen-bond donors (Lipinski definition) is 3. The van der Waals surface area contributed by atoms with E-state index in [1.54, 1.807) is 18.2 Å². The maximum atomic E-state index is 11.1. The summed E-state index contributed by atoms with van der Waals surface area (Å²) in [6, 6.07) is 5.22.